The third kappa shape index (κ3) is 3.22. The first-order chi connectivity index (χ1) is 10.1. The van der Waals surface area contributed by atoms with Gasteiger partial charge in [-0.1, -0.05) is 22.6 Å². The summed E-state index contributed by atoms with van der Waals surface area (Å²) in [5, 5.41) is 4.39. The van der Waals surface area contributed by atoms with Crippen LogP contribution in [0.1, 0.15) is 11.5 Å². The maximum Gasteiger partial charge on any atom is 0.270 e. The van der Waals surface area contributed by atoms with Crippen molar-refractivity contribution in [3.05, 3.63) is 41.6 Å². The van der Waals surface area contributed by atoms with Crippen LogP contribution in [0.5, 0.6) is 0 Å². The zero-order valence-electron chi connectivity index (χ0n) is 11.0. The number of aryl methyl sites for hydroxylation is 1. The zero-order valence-corrected chi connectivity index (χ0v) is 12.7. The van der Waals surface area contributed by atoms with Crippen LogP contribution in [0.2, 0.25) is 0 Å². The van der Waals surface area contributed by atoms with Gasteiger partial charge in [0.15, 0.2) is 11.0 Å². The molecule has 8 heteroatoms. The van der Waals surface area contributed by atoms with E-state index < -0.39 is 0 Å². The van der Waals surface area contributed by atoms with E-state index in [-0.39, 0.29) is 5.82 Å². The van der Waals surface area contributed by atoms with Gasteiger partial charge in [0.05, 0.1) is 11.4 Å². The molecule has 0 atom stereocenters. The van der Waals surface area contributed by atoms with Crippen LogP contribution in [0.25, 0.3) is 10.8 Å². The minimum Gasteiger partial charge on any atom is -0.375 e. The number of nitrogens with two attached hydrogens (primary N) is 1. The molecule has 2 heterocycles. The predicted octanol–water partition coefficient (Wildman–Crippen LogP) is 3.52. The molecule has 2 aromatic heterocycles. The van der Waals surface area contributed by atoms with Gasteiger partial charge in [-0.2, -0.15) is 4.98 Å². The monoisotopic (exact) mass is 322 g/mol. The van der Waals surface area contributed by atoms with Crippen LogP contribution in [-0.4, -0.2) is 15.1 Å². The van der Waals surface area contributed by atoms with Crippen LogP contribution < -0.4 is 5.73 Å². The lowest BCUT2D eigenvalue weighted by atomic mass is 10.4. The molecule has 0 aliphatic heterocycles. The zero-order chi connectivity index (χ0) is 14.8. The summed E-state index contributed by atoms with van der Waals surface area (Å²) in [5.74, 6) is 1.20. The van der Waals surface area contributed by atoms with Gasteiger partial charge in [-0.05, 0) is 25.1 Å². The fourth-order valence-electron chi connectivity index (χ4n) is 1.73. The Morgan fingerprint density at radius 1 is 1.38 bits per heavy atom. The third-order valence-corrected chi connectivity index (χ3v) is 4.60. The molecule has 108 valence electrons. The van der Waals surface area contributed by atoms with Crippen molar-refractivity contribution in [2.45, 2.75) is 17.6 Å². The van der Waals surface area contributed by atoms with E-state index in [2.05, 4.69) is 15.1 Å². The fraction of sp³-hybridized carbons (Fsp3) is 0.154. The lowest BCUT2D eigenvalue weighted by Crippen LogP contribution is -1.85. The van der Waals surface area contributed by atoms with E-state index in [1.807, 2.05) is 13.0 Å². The van der Waals surface area contributed by atoms with Gasteiger partial charge in [0.2, 0.25) is 0 Å². The molecule has 0 unspecified atom stereocenters. The molecule has 3 rings (SSSR count). The number of nitrogens with zero attached hydrogens (tertiary/aromatic N) is 3. The molecule has 3 aromatic rings. The largest absolute Gasteiger partial charge is 0.375 e. The first kappa shape index (κ1) is 14.0. The van der Waals surface area contributed by atoms with Crippen molar-refractivity contribution in [2.75, 3.05) is 5.73 Å². The number of hydrogen-bond acceptors (Lipinski definition) is 7. The molecule has 0 aliphatic rings. The van der Waals surface area contributed by atoms with Gasteiger partial charge in [0, 0.05) is 4.90 Å². The summed E-state index contributed by atoms with van der Waals surface area (Å²) in [6.45, 7) is 1.84. The summed E-state index contributed by atoms with van der Waals surface area (Å²) < 4.78 is 18.3. The Labute approximate surface area is 128 Å². The summed E-state index contributed by atoms with van der Waals surface area (Å²) >= 11 is 2.75. The SMILES string of the molecule is Cc1nc(N)sc1-c1nc(CSc2cccc(F)c2)no1. The van der Waals surface area contributed by atoms with Crippen molar-refractivity contribution >= 4 is 28.2 Å². The van der Waals surface area contributed by atoms with Crippen molar-refractivity contribution in [1.29, 1.82) is 0 Å². The van der Waals surface area contributed by atoms with Gasteiger partial charge in [0.25, 0.3) is 5.89 Å². The Hall–Kier alpha value is -1.93. The Balaban J connectivity index is 1.72. The summed E-state index contributed by atoms with van der Waals surface area (Å²) in [4.78, 5) is 10.0. The van der Waals surface area contributed by atoms with Crippen molar-refractivity contribution in [3.8, 4) is 10.8 Å². The number of nitrogen functional groups attached to an aromatic ring is 1. The minimum atomic E-state index is -0.260. The quantitative estimate of drug-likeness (QED) is 0.741. The first-order valence-corrected chi connectivity index (χ1v) is 7.86. The molecule has 2 N–H and O–H groups in total. The van der Waals surface area contributed by atoms with Crippen molar-refractivity contribution in [1.82, 2.24) is 15.1 Å². The van der Waals surface area contributed by atoms with Crippen LogP contribution in [0.4, 0.5) is 9.52 Å². The van der Waals surface area contributed by atoms with Crippen LogP contribution in [-0.2, 0) is 5.75 Å². The second-order valence-electron chi connectivity index (χ2n) is 4.23. The van der Waals surface area contributed by atoms with Crippen LogP contribution >= 0.6 is 23.1 Å². The van der Waals surface area contributed by atoms with Crippen LogP contribution in [0.15, 0.2) is 33.7 Å². The Morgan fingerprint density at radius 3 is 2.95 bits per heavy atom. The number of rotatable bonds is 4. The third-order valence-electron chi connectivity index (χ3n) is 2.64. The topological polar surface area (TPSA) is 77.8 Å². The Bertz CT molecular complexity index is 771. The molecule has 1 aromatic carbocycles. The smallest absolute Gasteiger partial charge is 0.270 e. The normalized spacial score (nSPS) is 11.0. The molecule has 0 bridgehead atoms. The Kier molecular flexibility index (Phi) is 3.89. The average molecular weight is 322 g/mol. The lowest BCUT2D eigenvalue weighted by molar-refractivity contribution is 0.425. The highest BCUT2D eigenvalue weighted by atomic mass is 32.2. The number of thiazole rings is 1. The molecule has 0 saturated carbocycles. The molecular weight excluding hydrogens is 311 g/mol. The van der Waals surface area contributed by atoms with Gasteiger partial charge in [-0.15, -0.1) is 11.8 Å². The molecule has 0 radical (unpaired) electrons. The van der Waals surface area contributed by atoms with E-state index in [9.17, 15) is 4.39 Å². The number of benzene rings is 1. The van der Waals surface area contributed by atoms with Crippen molar-refractivity contribution in [3.63, 3.8) is 0 Å². The highest BCUT2D eigenvalue weighted by Gasteiger charge is 2.15. The van der Waals surface area contributed by atoms with Crippen LogP contribution in [0.3, 0.4) is 0 Å². The second kappa shape index (κ2) is 5.82. The van der Waals surface area contributed by atoms with Gasteiger partial charge in [0.1, 0.15) is 10.7 Å². The van der Waals surface area contributed by atoms with E-state index >= 15 is 0 Å². The van der Waals surface area contributed by atoms with Crippen molar-refractivity contribution in [2.24, 2.45) is 0 Å². The number of halogens is 1. The molecule has 21 heavy (non-hydrogen) atoms. The molecule has 5 nitrogen and oxygen atoms in total. The maximum absolute atomic E-state index is 13.1. The van der Waals surface area contributed by atoms with Gasteiger partial charge < -0.3 is 10.3 Å². The predicted molar refractivity (Wildman–Crippen MR) is 80.5 cm³/mol. The molecule has 0 amide bonds. The number of thioether (sulfide) groups is 1. The number of aromatic nitrogens is 3. The lowest BCUT2D eigenvalue weighted by Gasteiger charge is -1.97. The summed E-state index contributed by atoms with van der Waals surface area (Å²) in [6, 6.07) is 6.39. The van der Waals surface area contributed by atoms with E-state index in [4.69, 9.17) is 10.3 Å². The molecule has 0 aliphatic carbocycles. The summed E-state index contributed by atoms with van der Waals surface area (Å²) in [6.07, 6.45) is 0. The Morgan fingerprint density at radius 2 is 2.24 bits per heavy atom. The van der Waals surface area contributed by atoms with Crippen molar-refractivity contribution < 1.29 is 8.91 Å². The number of anilines is 1. The first-order valence-electron chi connectivity index (χ1n) is 6.06. The summed E-state index contributed by atoms with van der Waals surface area (Å²) in [7, 11) is 0. The molecule has 0 fully saturated rings. The molecular formula is C13H11FN4OS2. The number of hydrogen-bond donors (Lipinski definition) is 1. The van der Waals surface area contributed by atoms with Gasteiger partial charge >= 0.3 is 0 Å². The highest BCUT2D eigenvalue weighted by Crippen LogP contribution is 2.30. The standard InChI is InChI=1S/C13H11FN4OS2/c1-7-11(21-13(15)16-7)12-17-10(18-19-12)6-20-9-4-2-3-8(14)5-9/h2-5H,6H2,1H3,(H2,15,16). The minimum absolute atomic E-state index is 0.260. The second-order valence-corrected chi connectivity index (χ2v) is 6.31. The van der Waals surface area contributed by atoms with E-state index in [0.717, 1.165) is 15.5 Å². The maximum atomic E-state index is 13.1. The van der Waals surface area contributed by atoms with E-state index in [1.165, 1.54) is 35.2 Å². The van der Waals surface area contributed by atoms with Gasteiger partial charge in [-0.25, -0.2) is 9.37 Å². The van der Waals surface area contributed by atoms with Crippen LogP contribution in [0, 0.1) is 12.7 Å². The van der Waals surface area contributed by atoms with Gasteiger partial charge in [-0.3, -0.25) is 0 Å². The molecule has 0 saturated heterocycles. The van der Waals surface area contributed by atoms with E-state index in [0.29, 0.717) is 22.6 Å². The van der Waals surface area contributed by atoms with E-state index in [1.54, 1.807) is 6.07 Å². The molecule has 0 spiro atoms. The summed E-state index contributed by atoms with van der Waals surface area (Å²) in [5.41, 5.74) is 6.42. The average Bonchev–Trinajstić information content (AvgIpc) is 3.03. The fourth-order valence-corrected chi connectivity index (χ4v) is 3.26. The highest BCUT2D eigenvalue weighted by molar-refractivity contribution is 7.98.